The molecule has 0 heterocycles. The van der Waals surface area contributed by atoms with Gasteiger partial charge < -0.3 is 5.11 Å². The third kappa shape index (κ3) is 1.96. The van der Waals surface area contributed by atoms with Crippen molar-refractivity contribution in [2.24, 2.45) is 5.92 Å². The first-order valence-electron chi connectivity index (χ1n) is 4.04. The molecule has 0 aromatic rings. The van der Waals surface area contributed by atoms with Crippen LogP contribution in [0.15, 0.2) is 0 Å². The van der Waals surface area contributed by atoms with Gasteiger partial charge in [0.25, 0.3) is 0 Å². The molecule has 2 atom stereocenters. The summed E-state index contributed by atoms with van der Waals surface area (Å²) in [6, 6.07) is 0. The zero-order chi connectivity index (χ0) is 7.56. The SMILES string of the molecule is CC(Br)C(O)C1CCCC1. The van der Waals surface area contributed by atoms with E-state index in [1.54, 1.807) is 0 Å². The van der Waals surface area contributed by atoms with Gasteiger partial charge in [-0.1, -0.05) is 35.7 Å². The maximum atomic E-state index is 9.58. The average Bonchev–Trinajstić information content (AvgIpc) is 2.36. The molecule has 10 heavy (non-hydrogen) atoms. The molecule has 0 amide bonds. The summed E-state index contributed by atoms with van der Waals surface area (Å²) in [5.74, 6) is 0.564. The van der Waals surface area contributed by atoms with Crippen LogP contribution in [0.1, 0.15) is 32.6 Å². The van der Waals surface area contributed by atoms with Gasteiger partial charge in [-0.05, 0) is 18.8 Å². The maximum absolute atomic E-state index is 9.58. The van der Waals surface area contributed by atoms with E-state index in [1.807, 2.05) is 6.92 Å². The minimum Gasteiger partial charge on any atom is -0.392 e. The Morgan fingerprint density at radius 3 is 2.30 bits per heavy atom. The molecule has 0 bridgehead atoms. The van der Waals surface area contributed by atoms with Crippen LogP contribution >= 0.6 is 15.9 Å². The fourth-order valence-corrected chi connectivity index (χ4v) is 2.11. The third-order valence-corrected chi connectivity index (χ3v) is 2.90. The summed E-state index contributed by atoms with van der Waals surface area (Å²) < 4.78 is 0. The summed E-state index contributed by atoms with van der Waals surface area (Å²) in [7, 11) is 0. The van der Waals surface area contributed by atoms with Crippen LogP contribution in [0.5, 0.6) is 0 Å². The van der Waals surface area contributed by atoms with Crippen molar-refractivity contribution >= 4 is 15.9 Å². The molecule has 2 unspecified atom stereocenters. The Labute approximate surface area is 70.9 Å². The van der Waals surface area contributed by atoms with E-state index >= 15 is 0 Å². The van der Waals surface area contributed by atoms with Gasteiger partial charge in [0.05, 0.1) is 6.10 Å². The number of hydrogen-bond donors (Lipinski definition) is 1. The minimum absolute atomic E-state index is 0.123. The number of halogens is 1. The first-order valence-corrected chi connectivity index (χ1v) is 4.95. The normalized spacial score (nSPS) is 26.7. The highest BCUT2D eigenvalue weighted by Crippen LogP contribution is 2.30. The highest BCUT2D eigenvalue weighted by atomic mass is 79.9. The third-order valence-electron chi connectivity index (χ3n) is 2.35. The van der Waals surface area contributed by atoms with Gasteiger partial charge in [0, 0.05) is 4.83 Å². The molecule has 0 aromatic carbocycles. The van der Waals surface area contributed by atoms with Crippen molar-refractivity contribution in [3.63, 3.8) is 0 Å². The molecule has 0 spiro atoms. The monoisotopic (exact) mass is 206 g/mol. The van der Waals surface area contributed by atoms with Crippen molar-refractivity contribution in [1.82, 2.24) is 0 Å². The molecule has 0 radical (unpaired) electrons. The van der Waals surface area contributed by atoms with Gasteiger partial charge in [-0.3, -0.25) is 0 Å². The van der Waals surface area contributed by atoms with Crippen molar-refractivity contribution in [1.29, 1.82) is 0 Å². The van der Waals surface area contributed by atoms with Crippen molar-refractivity contribution in [2.75, 3.05) is 0 Å². The fraction of sp³-hybridized carbons (Fsp3) is 1.00. The van der Waals surface area contributed by atoms with E-state index in [0.717, 1.165) is 0 Å². The van der Waals surface area contributed by atoms with Crippen LogP contribution in [-0.2, 0) is 0 Å². The number of aliphatic hydroxyl groups is 1. The van der Waals surface area contributed by atoms with E-state index in [9.17, 15) is 5.11 Å². The molecule has 1 N–H and O–H groups in total. The zero-order valence-electron chi connectivity index (χ0n) is 6.39. The smallest absolute Gasteiger partial charge is 0.0690 e. The van der Waals surface area contributed by atoms with Crippen LogP contribution in [0.25, 0.3) is 0 Å². The Morgan fingerprint density at radius 2 is 1.90 bits per heavy atom. The van der Waals surface area contributed by atoms with Crippen molar-refractivity contribution in [2.45, 2.75) is 43.5 Å². The predicted octanol–water partition coefficient (Wildman–Crippen LogP) is 2.32. The van der Waals surface area contributed by atoms with Gasteiger partial charge in [0.2, 0.25) is 0 Å². The first-order chi connectivity index (χ1) is 4.72. The Morgan fingerprint density at radius 1 is 1.40 bits per heavy atom. The number of alkyl halides is 1. The van der Waals surface area contributed by atoms with Crippen molar-refractivity contribution < 1.29 is 5.11 Å². The van der Waals surface area contributed by atoms with Crippen LogP contribution in [0.3, 0.4) is 0 Å². The number of rotatable bonds is 2. The molecule has 0 saturated heterocycles. The Kier molecular flexibility index (Phi) is 3.18. The average molecular weight is 207 g/mol. The van der Waals surface area contributed by atoms with Gasteiger partial charge in [-0.15, -0.1) is 0 Å². The highest BCUT2D eigenvalue weighted by Gasteiger charge is 2.25. The molecular weight excluding hydrogens is 192 g/mol. The lowest BCUT2D eigenvalue weighted by atomic mass is 9.99. The van der Waals surface area contributed by atoms with Crippen LogP contribution in [0, 0.1) is 5.92 Å². The van der Waals surface area contributed by atoms with Gasteiger partial charge in [-0.25, -0.2) is 0 Å². The van der Waals surface area contributed by atoms with Crippen molar-refractivity contribution in [3.05, 3.63) is 0 Å². The van der Waals surface area contributed by atoms with E-state index in [0.29, 0.717) is 5.92 Å². The fourth-order valence-electron chi connectivity index (χ4n) is 1.67. The molecular formula is C8H15BrO. The molecule has 1 fully saturated rings. The minimum atomic E-state index is -0.123. The molecule has 0 aromatic heterocycles. The highest BCUT2D eigenvalue weighted by molar-refractivity contribution is 9.09. The van der Waals surface area contributed by atoms with Gasteiger partial charge in [-0.2, -0.15) is 0 Å². The molecule has 2 heteroatoms. The number of aliphatic hydroxyl groups excluding tert-OH is 1. The lowest BCUT2D eigenvalue weighted by Gasteiger charge is -2.19. The molecule has 1 rings (SSSR count). The second-order valence-corrected chi connectivity index (χ2v) is 4.66. The van der Waals surface area contributed by atoms with Gasteiger partial charge in [0.1, 0.15) is 0 Å². The Bertz CT molecular complexity index is 97.4. The first kappa shape index (κ1) is 8.54. The van der Waals surface area contributed by atoms with Gasteiger partial charge in [0.15, 0.2) is 0 Å². The summed E-state index contributed by atoms with van der Waals surface area (Å²) in [5.41, 5.74) is 0. The van der Waals surface area contributed by atoms with E-state index in [-0.39, 0.29) is 10.9 Å². The molecule has 0 aliphatic heterocycles. The zero-order valence-corrected chi connectivity index (χ0v) is 7.97. The summed E-state index contributed by atoms with van der Waals surface area (Å²) in [6.07, 6.45) is 4.93. The van der Waals surface area contributed by atoms with E-state index in [2.05, 4.69) is 15.9 Å². The van der Waals surface area contributed by atoms with Crippen LogP contribution in [0.4, 0.5) is 0 Å². The second-order valence-electron chi connectivity index (χ2n) is 3.21. The van der Waals surface area contributed by atoms with E-state index in [1.165, 1.54) is 25.7 Å². The predicted molar refractivity (Wildman–Crippen MR) is 46.4 cm³/mol. The molecule has 1 aliphatic carbocycles. The summed E-state index contributed by atoms with van der Waals surface area (Å²) >= 11 is 3.40. The Balaban J connectivity index is 2.32. The molecule has 1 nitrogen and oxygen atoms in total. The summed E-state index contributed by atoms with van der Waals surface area (Å²) in [6.45, 7) is 2.02. The molecule has 1 aliphatic rings. The lowest BCUT2D eigenvalue weighted by Crippen LogP contribution is -2.25. The molecule has 60 valence electrons. The van der Waals surface area contributed by atoms with E-state index < -0.39 is 0 Å². The van der Waals surface area contributed by atoms with Gasteiger partial charge >= 0.3 is 0 Å². The van der Waals surface area contributed by atoms with Crippen LogP contribution < -0.4 is 0 Å². The Hall–Kier alpha value is 0.440. The second kappa shape index (κ2) is 3.72. The largest absolute Gasteiger partial charge is 0.392 e. The summed E-state index contributed by atoms with van der Waals surface area (Å²) in [5, 5.41) is 9.58. The van der Waals surface area contributed by atoms with E-state index in [4.69, 9.17) is 0 Å². The maximum Gasteiger partial charge on any atom is 0.0690 e. The lowest BCUT2D eigenvalue weighted by molar-refractivity contribution is 0.114. The summed E-state index contributed by atoms with van der Waals surface area (Å²) in [4.78, 5) is 0.260. The van der Waals surface area contributed by atoms with Crippen LogP contribution in [0.2, 0.25) is 0 Å². The standard InChI is InChI=1S/C8H15BrO/c1-6(9)8(10)7-4-2-3-5-7/h6-8,10H,2-5H2,1H3. The van der Waals surface area contributed by atoms with Crippen LogP contribution in [-0.4, -0.2) is 16.0 Å². The quantitative estimate of drug-likeness (QED) is 0.689. The number of hydrogen-bond acceptors (Lipinski definition) is 1. The molecule has 1 saturated carbocycles. The van der Waals surface area contributed by atoms with Crippen molar-refractivity contribution in [3.8, 4) is 0 Å². The topological polar surface area (TPSA) is 20.2 Å².